The fourth-order valence-electron chi connectivity index (χ4n) is 2.42. The molecule has 0 unspecified atom stereocenters. The van der Waals surface area contributed by atoms with Gasteiger partial charge in [-0.15, -0.1) is 0 Å². The fourth-order valence-corrected chi connectivity index (χ4v) is 2.60. The zero-order valence-corrected chi connectivity index (χ0v) is 15.9. The van der Waals surface area contributed by atoms with Gasteiger partial charge in [-0.05, 0) is 43.3 Å². The Bertz CT molecular complexity index is 791. The van der Waals surface area contributed by atoms with Crippen molar-refractivity contribution in [1.29, 1.82) is 0 Å². The molecule has 0 saturated carbocycles. The summed E-state index contributed by atoms with van der Waals surface area (Å²) < 4.78 is 10.9. The highest BCUT2D eigenvalue weighted by Gasteiger charge is 2.14. The molecular weight excluding hydrogens is 354 g/mol. The van der Waals surface area contributed by atoms with Crippen molar-refractivity contribution in [1.82, 2.24) is 4.90 Å². The zero-order chi connectivity index (χ0) is 19.1. The van der Waals surface area contributed by atoms with Gasteiger partial charge in [-0.2, -0.15) is 0 Å². The average molecular weight is 376 g/mol. The van der Waals surface area contributed by atoms with E-state index in [4.69, 9.17) is 21.1 Å². The van der Waals surface area contributed by atoms with E-state index in [1.165, 1.54) is 6.92 Å². The number of nitrogens with zero attached hydrogens (tertiary/aromatic N) is 1. The Kier molecular flexibility index (Phi) is 7.04. The minimum absolute atomic E-state index is 0.0513. The van der Waals surface area contributed by atoms with Gasteiger partial charge in [0.1, 0.15) is 18.1 Å². The molecule has 0 aliphatic heterocycles. The first-order valence-electron chi connectivity index (χ1n) is 8.21. The van der Waals surface area contributed by atoms with Gasteiger partial charge >= 0.3 is 0 Å². The molecule has 0 fully saturated rings. The van der Waals surface area contributed by atoms with Gasteiger partial charge < -0.3 is 14.4 Å². The summed E-state index contributed by atoms with van der Waals surface area (Å²) in [6.07, 6.45) is 0.151. The number of likely N-dealkylation sites (N-methyl/N-ethyl adjacent to an activating group) is 1. The van der Waals surface area contributed by atoms with Gasteiger partial charge in [0.05, 0.1) is 20.1 Å². The molecule has 0 N–H and O–H groups in total. The number of methoxy groups -OCH3 is 1. The molecule has 138 valence electrons. The summed E-state index contributed by atoms with van der Waals surface area (Å²) in [5, 5.41) is 0.601. The Morgan fingerprint density at radius 2 is 1.92 bits per heavy atom. The first kappa shape index (κ1) is 19.8. The summed E-state index contributed by atoms with van der Waals surface area (Å²) in [6, 6.07) is 12.2. The van der Waals surface area contributed by atoms with Crippen LogP contribution in [0, 0.1) is 0 Å². The van der Waals surface area contributed by atoms with Crippen LogP contribution in [0.4, 0.5) is 0 Å². The Hall–Kier alpha value is -2.53. The lowest BCUT2D eigenvalue weighted by atomic mass is 10.0. The molecule has 0 bridgehead atoms. The second kappa shape index (κ2) is 9.25. The number of rotatable bonds is 8. The minimum Gasteiger partial charge on any atom is -0.496 e. The quantitative estimate of drug-likeness (QED) is 0.661. The maximum Gasteiger partial charge on any atom is 0.226 e. The van der Waals surface area contributed by atoms with Crippen molar-refractivity contribution in [3.8, 4) is 11.5 Å². The van der Waals surface area contributed by atoms with Crippen molar-refractivity contribution in [2.24, 2.45) is 0 Å². The van der Waals surface area contributed by atoms with Crippen LogP contribution in [0.25, 0.3) is 0 Å². The number of carbonyl (C=O) groups is 2. The lowest BCUT2D eigenvalue weighted by molar-refractivity contribution is -0.129. The summed E-state index contributed by atoms with van der Waals surface area (Å²) >= 11 is 5.91. The standard InChI is InChI=1S/C20H22ClNO4/c1-14(23)15-7-8-19(25-3)16(11-15)12-20(24)22(2)9-10-26-18-6-4-5-17(21)13-18/h4-8,11,13H,9-10,12H2,1-3H3. The van der Waals surface area contributed by atoms with E-state index < -0.39 is 0 Å². The third-order valence-electron chi connectivity index (χ3n) is 3.95. The molecule has 2 rings (SSSR count). The molecule has 0 spiro atoms. The summed E-state index contributed by atoms with van der Waals surface area (Å²) in [6.45, 7) is 2.28. The molecule has 0 atom stereocenters. The summed E-state index contributed by atoms with van der Waals surface area (Å²) in [7, 11) is 3.25. The number of ketones is 1. The lowest BCUT2D eigenvalue weighted by Gasteiger charge is -2.18. The van der Waals surface area contributed by atoms with Gasteiger partial charge in [-0.1, -0.05) is 17.7 Å². The molecule has 1 amide bonds. The molecular formula is C20H22ClNO4. The van der Waals surface area contributed by atoms with E-state index in [1.54, 1.807) is 55.5 Å². The van der Waals surface area contributed by atoms with E-state index in [0.717, 1.165) is 0 Å². The highest BCUT2D eigenvalue weighted by atomic mass is 35.5. The van der Waals surface area contributed by atoms with E-state index in [1.807, 2.05) is 6.07 Å². The number of halogens is 1. The summed E-state index contributed by atoms with van der Waals surface area (Å²) in [4.78, 5) is 25.6. The van der Waals surface area contributed by atoms with Crippen molar-refractivity contribution in [3.63, 3.8) is 0 Å². The van der Waals surface area contributed by atoms with Crippen LogP contribution < -0.4 is 9.47 Å². The number of hydrogen-bond donors (Lipinski definition) is 0. The Morgan fingerprint density at radius 1 is 1.15 bits per heavy atom. The largest absolute Gasteiger partial charge is 0.496 e. The third-order valence-corrected chi connectivity index (χ3v) is 4.18. The Morgan fingerprint density at radius 3 is 2.58 bits per heavy atom. The Balaban J connectivity index is 1.94. The molecule has 0 aliphatic carbocycles. The first-order valence-corrected chi connectivity index (χ1v) is 8.58. The number of ether oxygens (including phenoxy) is 2. The predicted molar refractivity (Wildman–Crippen MR) is 101 cm³/mol. The van der Waals surface area contributed by atoms with E-state index in [0.29, 0.717) is 40.8 Å². The van der Waals surface area contributed by atoms with Crippen molar-refractivity contribution in [2.75, 3.05) is 27.3 Å². The van der Waals surface area contributed by atoms with Crippen LogP contribution in [0.3, 0.4) is 0 Å². The zero-order valence-electron chi connectivity index (χ0n) is 15.1. The van der Waals surface area contributed by atoms with Crippen molar-refractivity contribution < 1.29 is 19.1 Å². The monoisotopic (exact) mass is 375 g/mol. The SMILES string of the molecule is COc1ccc(C(C)=O)cc1CC(=O)N(C)CCOc1cccc(Cl)c1. The second-order valence-electron chi connectivity index (χ2n) is 5.88. The lowest BCUT2D eigenvalue weighted by Crippen LogP contribution is -2.32. The van der Waals surface area contributed by atoms with Crippen LogP contribution in [-0.4, -0.2) is 43.9 Å². The number of hydrogen-bond acceptors (Lipinski definition) is 4. The average Bonchev–Trinajstić information content (AvgIpc) is 2.61. The van der Waals surface area contributed by atoms with E-state index >= 15 is 0 Å². The van der Waals surface area contributed by atoms with Crippen molar-refractivity contribution >= 4 is 23.3 Å². The fraction of sp³-hybridized carbons (Fsp3) is 0.300. The second-order valence-corrected chi connectivity index (χ2v) is 6.32. The number of benzene rings is 2. The van der Waals surface area contributed by atoms with Crippen LogP contribution in [-0.2, 0) is 11.2 Å². The molecule has 0 saturated heterocycles. The highest BCUT2D eigenvalue weighted by molar-refractivity contribution is 6.30. The van der Waals surface area contributed by atoms with Crippen LogP contribution in [0.15, 0.2) is 42.5 Å². The van der Waals surface area contributed by atoms with Crippen LogP contribution >= 0.6 is 11.6 Å². The van der Waals surface area contributed by atoms with Crippen molar-refractivity contribution in [3.05, 3.63) is 58.6 Å². The normalized spacial score (nSPS) is 10.3. The Labute approximate surface area is 158 Å². The molecule has 26 heavy (non-hydrogen) atoms. The van der Waals surface area contributed by atoms with Crippen LogP contribution in [0.2, 0.25) is 5.02 Å². The summed E-state index contributed by atoms with van der Waals surface area (Å²) in [5.41, 5.74) is 1.24. The molecule has 0 aliphatic rings. The van der Waals surface area contributed by atoms with Gasteiger partial charge in [0.15, 0.2) is 5.78 Å². The first-order chi connectivity index (χ1) is 12.4. The van der Waals surface area contributed by atoms with E-state index in [9.17, 15) is 9.59 Å². The van der Waals surface area contributed by atoms with Crippen molar-refractivity contribution in [2.45, 2.75) is 13.3 Å². The van der Waals surface area contributed by atoms with Gasteiger partial charge in [0, 0.05) is 23.2 Å². The van der Waals surface area contributed by atoms with Crippen LogP contribution in [0.5, 0.6) is 11.5 Å². The maximum absolute atomic E-state index is 12.5. The molecule has 2 aromatic rings. The number of carbonyl (C=O) groups excluding carboxylic acids is 2. The van der Waals surface area contributed by atoms with E-state index in [2.05, 4.69) is 0 Å². The molecule has 0 heterocycles. The van der Waals surface area contributed by atoms with Gasteiger partial charge in [0.25, 0.3) is 0 Å². The topological polar surface area (TPSA) is 55.8 Å². The molecule has 2 aromatic carbocycles. The maximum atomic E-state index is 12.5. The number of amides is 1. The summed E-state index contributed by atoms with van der Waals surface area (Å²) in [5.74, 6) is 1.12. The van der Waals surface area contributed by atoms with E-state index in [-0.39, 0.29) is 18.1 Å². The number of Topliss-reactive ketones (excluding diaryl/α,β-unsaturated/α-hetero) is 1. The molecule has 6 heteroatoms. The molecule has 5 nitrogen and oxygen atoms in total. The molecule has 0 aromatic heterocycles. The highest BCUT2D eigenvalue weighted by Crippen LogP contribution is 2.21. The smallest absolute Gasteiger partial charge is 0.226 e. The van der Waals surface area contributed by atoms with Gasteiger partial charge in [-0.3, -0.25) is 9.59 Å². The predicted octanol–water partition coefficient (Wildman–Crippen LogP) is 3.63. The third kappa shape index (κ3) is 5.49. The van der Waals surface area contributed by atoms with Gasteiger partial charge in [-0.25, -0.2) is 0 Å². The minimum atomic E-state index is -0.0845. The molecule has 0 radical (unpaired) electrons. The van der Waals surface area contributed by atoms with Crippen LogP contribution in [0.1, 0.15) is 22.8 Å². The van der Waals surface area contributed by atoms with Gasteiger partial charge in [0.2, 0.25) is 5.91 Å².